The number of hydrazone groups is 1. The highest BCUT2D eigenvalue weighted by atomic mass is 35.5. The maximum Gasteiger partial charge on any atom is 0.342 e. The molecule has 3 aromatic rings. The van der Waals surface area contributed by atoms with Crippen molar-refractivity contribution in [3.05, 3.63) is 106 Å². The highest BCUT2D eigenvalue weighted by Crippen LogP contribution is 2.44. The lowest BCUT2D eigenvalue weighted by Crippen LogP contribution is -2.34. The van der Waals surface area contributed by atoms with Crippen molar-refractivity contribution in [2.24, 2.45) is 11.0 Å². The first-order valence-electron chi connectivity index (χ1n) is 11.0. The Morgan fingerprint density at radius 2 is 1.70 bits per heavy atom. The summed E-state index contributed by atoms with van der Waals surface area (Å²) in [6.07, 6.45) is 5.20. The summed E-state index contributed by atoms with van der Waals surface area (Å²) in [5.41, 5.74) is 5.00. The Morgan fingerprint density at radius 3 is 2.42 bits per heavy atom. The average Bonchev–Trinajstić information content (AvgIpc) is 3.24. The van der Waals surface area contributed by atoms with Gasteiger partial charge in [0.05, 0.1) is 21.8 Å². The van der Waals surface area contributed by atoms with E-state index in [1.54, 1.807) is 23.2 Å². The Kier molecular flexibility index (Phi) is 6.21. The quantitative estimate of drug-likeness (QED) is 0.412. The van der Waals surface area contributed by atoms with Crippen LogP contribution in [0.1, 0.15) is 36.4 Å². The van der Waals surface area contributed by atoms with E-state index in [4.69, 9.17) is 28.3 Å². The summed E-state index contributed by atoms with van der Waals surface area (Å²) in [5, 5.41) is 10.3. The number of fused-ring (bicyclic) bond motifs is 1. The Hall–Kier alpha value is -3.08. The lowest BCUT2D eigenvalue weighted by molar-refractivity contribution is 0.188. The first-order chi connectivity index (χ1) is 16.1. The number of rotatable bonds is 3. The van der Waals surface area contributed by atoms with Gasteiger partial charge in [-0.25, -0.2) is 9.80 Å². The molecule has 1 heterocycles. The van der Waals surface area contributed by atoms with E-state index in [1.165, 1.54) is 5.57 Å². The average molecular weight is 476 g/mol. The fourth-order valence-corrected chi connectivity index (χ4v) is 4.95. The zero-order valence-corrected chi connectivity index (χ0v) is 19.4. The van der Waals surface area contributed by atoms with E-state index < -0.39 is 0 Å². The molecule has 0 saturated heterocycles. The van der Waals surface area contributed by atoms with Gasteiger partial charge >= 0.3 is 6.03 Å². The van der Waals surface area contributed by atoms with Gasteiger partial charge in [-0.2, -0.15) is 5.10 Å². The van der Waals surface area contributed by atoms with Gasteiger partial charge in [0.25, 0.3) is 0 Å². The zero-order chi connectivity index (χ0) is 22.8. The van der Waals surface area contributed by atoms with Crippen LogP contribution in [-0.4, -0.2) is 16.8 Å². The highest BCUT2D eigenvalue weighted by molar-refractivity contribution is 6.42. The normalized spacial score (nSPS) is 21.0. The van der Waals surface area contributed by atoms with Crippen molar-refractivity contribution < 1.29 is 4.79 Å². The number of nitrogens with zero attached hydrogens (tertiary/aromatic N) is 2. The van der Waals surface area contributed by atoms with E-state index in [9.17, 15) is 4.79 Å². The number of halogens is 2. The van der Waals surface area contributed by atoms with E-state index in [0.717, 1.165) is 36.1 Å². The summed E-state index contributed by atoms with van der Waals surface area (Å²) >= 11 is 12.2. The van der Waals surface area contributed by atoms with Gasteiger partial charge in [-0.3, -0.25) is 0 Å². The number of hydrogen-bond donors (Lipinski definition) is 1. The molecule has 166 valence electrons. The Bertz CT molecular complexity index is 1220. The molecule has 1 N–H and O–H groups in total. The van der Waals surface area contributed by atoms with Crippen molar-refractivity contribution in [2.75, 3.05) is 5.32 Å². The van der Waals surface area contributed by atoms with E-state index >= 15 is 0 Å². The lowest BCUT2D eigenvalue weighted by atomic mass is 9.77. The number of urea groups is 1. The third-order valence-electron chi connectivity index (χ3n) is 6.16. The Morgan fingerprint density at radius 1 is 0.970 bits per heavy atom. The van der Waals surface area contributed by atoms with E-state index in [1.807, 2.05) is 36.4 Å². The molecule has 6 heteroatoms. The summed E-state index contributed by atoms with van der Waals surface area (Å²) < 4.78 is 0. The molecule has 1 aliphatic carbocycles. The highest BCUT2D eigenvalue weighted by Gasteiger charge is 2.43. The van der Waals surface area contributed by atoms with Crippen LogP contribution in [0.5, 0.6) is 0 Å². The van der Waals surface area contributed by atoms with E-state index in [0.29, 0.717) is 15.7 Å². The van der Waals surface area contributed by atoms with Crippen LogP contribution < -0.4 is 5.32 Å². The second kappa shape index (κ2) is 9.42. The minimum absolute atomic E-state index is 0.149. The number of nitrogens with one attached hydrogen (secondary N) is 1. The molecule has 0 spiro atoms. The molecule has 1 saturated carbocycles. The van der Waals surface area contributed by atoms with E-state index in [-0.39, 0.29) is 18.0 Å². The summed E-state index contributed by atoms with van der Waals surface area (Å²) in [5.74, 6) is 0.149. The topological polar surface area (TPSA) is 44.7 Å². The maximum atomic E-state index is 13.4. The Labute approximate surface area is 203 Å². The van der Waals surface area contributed by atoms with Crippen molar-refractivity contribution in [1.29, 1.82) is 0 Å². The molecule has 0 bridgehead atoms. The van der Waals surface area contributed by atoms with E-state index in [2.05, 4.69) is 35.7 Å². The first kappa shape index (κ1) is 21.7. The maximum absolute atomic E-state index is 13.4. The summed E-state index contributed by atoms with van der Waals surface area (Å²) in [6.45, 7) is 0. The largest absolute Gasteiger partial charge is 0.342 e. The summed E-state index contributed by atoms with van der Waals surface area (Å²) in [7, 11) is 0. The van der Waals surface area contributed by atoms with Crippen LogP contribution in [0.25, 0.3) is 6.08 Å². The van der Waals surface area contributed by atoms with Crippen molar-refractivity contribution in [2.45, 2.75) is 25.3 Å². The number of anilines is 1. The van der Waals surface area contributed by atoms with Crippen molar-refractivity contribution >= 4 is 46.7 Å². The van der Waals surface area contributed by atoms with Gasteiger partial charge in [0, 0.05) is 11.6 Å². The monoisotopic (exact) mass is 475 g/mol. The van der Waals surface area contributed by atoms with Gasteiger partial charge in [-0.05, 0) is 60.2 Å². The van der Waals surface area contributed by atoms with Crippen LogP contribution in [0.4, 0.5) is 10.5 Å². The number of allylic oxidation sites excluding steroid dienone is 1. The second-order valence-corrected chi connectivity index (χ2v) is 9.14. The lowest BCUT2D eigenvalue weighted by Gasteiger charge is -2.29. The minimum Gasteiger partial charge on any atom is -0.306 e. The van der Waals surface area contributed by atoms with Crippen LogP contribution in [0.3, 0.4) is 0 Å². The molecule has 0 radical (unpaired) electrons. The number of amides is 2. The van der Waals surface area contributed by atoms with Crippen LogP contribution in [0.15, 0.2) is 89.5 Å². The first-order valence-corrected chi connectivity index (χ1v) is 11.8. The van der Waals surface area contributed by atoms with Crippen LogP contribution in [-0.2, 0) is 0 Å². The molecule has 2 aliphatic rings. The predicted octanol–water partition coefficient (Wildman–Crippen LogP) is 7.82. The standard InChI is InChI=1S/C27H23Cl2N3O/c28-23-15-14-21(17-24(23)29)30-27(33)32-26(19-10-5-2-6-11-19)22-13-7-12-20(25(22)31-32)16-18-8-3-1-4-9-18/h1-6,8-11,14-17,22,26H,7,12-13H2,(H,30,33)/b20-16+/t22-,26-/m0/s1. The molecule has 0 aromatic heterocycles. The Balaban J connectivity index is 1.51. The van der Waals surface area contributed by atoms with Crippen LogP contribution in [0, 0.1) is 5.92 Å². The summed E-state index contributed by atoms with van der Waals surface area (Å²) in [6, 6.07) is 25.0. The number of carbonyl (C=O) groups excluding carboxylic acids is 1. The van der Waals surface area contributed by atoms with Gasteiger partial charge < -0.3 is 5.32 Å². The molecular formula is C27H23Cl2N3O. The fraction of sp³-hybridized carbons (Fsp3) is 0.185. The second-order valence-electron chi connectivity index (χ2n) is 8.32. The molecule has 0 unspecified atom stereocenters. The molecule has 2 amide bonds. The number of benzene rings is 3. The SMILES string of the molecule is O=C(Nc1ccc(Cl)c(Cl)c1)N1N=C2/C(=C/c3ccccc3)CCC[C@@H]2[C@@H]1c1ccccc1. The molecule has 1 aliphatic heterocycles. The van der Waals surface area contributed by atoms with Gasteiger partial charge in [-0.15, -0.1) is 0 Å². The molecule has 4 nitrogen and oxygen atoms in total. The number of hydrogen-bond acceptors (Lipinski definition) is 2. The summed E-state index contributed by atoms with van der Waals surface area (Å²) in [4.78, 5) is 13.4. The smallest absolute Gasteiger partial charge is 0.306 e. The van der Waals surface area contributed by atoms with Gasteiger partial charge in [0.1, 0.15) is 0 Å². The molecular weight excluding hydrogens is 453 g/mol. The van der Waals surface area contributed by atoms with Gasteiger partial charge in [0.15, 0.2) is 0 Å². The molecule has 5 rings (SSSR count). The molecule has 1 fully saturated rings. The predicted molar refractivity (Wildman–Crippen MR) is 136 cm³/mol. The zero-order valence-electron chi connectivity index (χ0n) is 17.9. The fourth-order valence-electron chi connectivity index (χ4n) is 4.66. The van der Waals surface area contributed by atoms with Crippen LogP contribution >= 0.6 is 23.2 Å². The third kappa shape index (κ3) is 4.54. The third-order valence-corrected chi connectivity index (χ3v) is 6.90. The molecule has 3 aromatic carbocycles. The molecule has 2 atom stereocenters. The minimum atomic E-state index is -0.289. The van der Waals surface area contributed by atoms with Crippen molar-refractivity contribution in [3.63, 3.8) is 0 Å². The number of carbonyl (C=O) groups is 1. The van der Waals surface area contributed by atoms with Gasteiger partial charge in [-0.1, -0.05) is 83.9 Å². The molecule has 33 heavy (non-hydrogen) atoms. The van der Waals surface area contributed by atoms with Crippen molar-refractivity contribution in [3.8, 4) is 0 Å². The van der Waals surface area contributed by atoms with Crippen LogP contribution in [0.2, 0.25) is 10.0 Å². The van der Waals surface area contributed by atoms with Crippen molar-refractivity contribution in [1.82, 2.24) is 5.01 Å². The van der Waals surface area contributed by atoms with Gasteiger partial charge in [0.2, 0.25) is 0 Å².